The van der Waals surface area contributed by atoms with Gasteiger partial charge in [-0.3, -0.25) is 4.90 Å². The number of nitrogens with one attached hydrogen (secondary N) is 1. The summed E-state index contributed by atoms with van der Waals surface area (Å²) in [6.45, 7) is 14.6. The number of hydrogen-bond acceptors (Lipinski definition) is 7. The minimum absolute atomic E-state index is 0.0697. The quantitative estimate of drug-likeness (QED) is 0.516. The predicted octanol–water partition coefficient (Wildman–Crippen LogP) is 4.49. The molecule has 5 heterocycles. The van der Waals surface area contributed by atoms with Gasteiger partial charge in [-0.2, -0.15) is 4.68 Å². The van der Waals surface area contributed by atoms with Gasteiger partial charge in [0.05, 0.1) is 6.26 Å². The monoisotopic (exact) mass is 609 g/mol. The first kappa shape index (κ1) is 30.1. The first-order valence-corrected chi connectivity index (χ1v) is 17.6. The van der Waals surface area contributed by atoms with Gasteiger partial charge in [-0.1, -0.05) is 18.7 Å². The van der Waals surface area contributed by atoms with E-state index < -0.39 is 10.0 Å². The highest BCUT2D eigenvalue weighted by Gasteiger charge is 2.45. The van der Waals surface area contributed by atoms with Gasteiger partial charge >= 0.3 is 6.03 Å². The third kappa shape index (κ3) is 6.21. The van der Waals surface area contributed by atoms with Crippen LogP contribution < -0.4 is 10.2 Å². The SMILES string of the molecule is C=C(C)Nc1ccn(C(=O)N2CCC3(CCCN3Cc3ccc(C)cc3N3CCC4(CC3)CCN(S(C)(=O)=O)C4)CC2)n1. The topological polar surface area (TPSA) is 94.0 Å². The highest BCUT2D eigenvalue weighted by atomic mass is 32.2. The molecule has 10 nitrogen and oxygen atoms in total. The Morgan fingerprint density at radius 3 is 2.40 bits per heavy atom. The van der Waals surface area contributed by atoms with Crippen LogP contribution in [-0.4, -0.2) is 95.9 Å². The highest BCUT2D eigenvalue weighted by Crippen LogP contribution is 2.44. The van der Waals surface area contributed by atoms with Crippen LogP contribution in [0.15, 0.2) is 42.7 Å². The average molecular weight is 610 g/mol. The van der Waals surface area contributed by atoms with Gasteiger partial charge < -0.3 is 15.1 Å². The molecule has 234 valence electrons. The molecule has 1 aromatic carbocycles. The van der Waals surface area contributed by atoms with Crippen LogP contribution in [0.4, 0.5) is 16.3 Å². The van der Waals surface area contributed by atoms with E-state index in [4.69, 9.17) is 0 Å². The Hall–Kier alpha value is -2.89. The molecule has 0 atom stereocenters. The molecule has 4 aliphatic heterocycles. The molecular formula is C32H47N7O3S. The predicted molar refractivity (Wildman–Crippen MR) is 171 cm³/mol. The maximum absolute atomic E-state index is 13.2. The van der Waals surface area contributed by atoms with Gasteiger partial charge in [-0.15, -0.1) is 5.10 Å². The number of likely N-dealkylation sites (tertiary alicyclic amines) is 2. The average Bonchev–Trinajstić information content (AvgIpc) is 3.70. The molecule has 0 aliphatic carbocycles. The normalized spacial score (nSPS) is 22.5. The van der Waals surface area contributed by atoms with Crippen molar-refractivity contribution in [1.82, 2.24) is 23.9 Å². The molecule has 4 aliphatic rings. The Balaban J connectivity index is 1.10. The number of benzene rings is 1. The number of sulfonamides is 1. The van der Waals surface area contributed by atoms with Crippen LogP contribution in [0.3, 0.4) is 0 Å². The Bertz CT molecular complexity index is 1470. The Morgan fingerprint density at radius 1 is 1.00 bits per heavy atom. The number of allylic oxidation sites excluding steroid dienone is 1. The molecule has 1 amide bonds. The van der Waals surface area contributed by atoms with Crippen molar-refractivity contribution in [2.75, 3.05) is 62.3 Å². The van der Waals surface area contributed by atoms with E-state index in [2.05, 4.69) is 51.9 Å². The van der Waals surface area contributed by atoms with E-state index >= 15 is 0 Å². The van der Waals surface area contributed by atoms with E-state index in [1.165, 1.54) is 40.6 Å². The van der Waals surface area contributed by atoms with Crippen molar-refractivity contribution in [2.45, 2.75) is 70.9 Å². The second-order valence-electron chi connectivity index (χ2n) is 13.5. The van der Waals surface area contributed by atoms with E-state index in [1.54, 1.807) is 16.6 Å². The number of carbonyl (C=O) groups is 1. The zero-order valence-electron chi connectivity index (χ0n) is 26.0. The summed E-state index contributed by atoms with van der Waals surface area (Å²) >= 11 is 0. The summed E-state index contributed by atoms with van der Waals surface area (Å²) < 4.78 is 27.4. The van der Waals surface area contributed by atoms with Crippen molar-refractivity contribution in [3.05, 3.63) is 53.9 Å². The molecule has 43 heavy (non-hydrogen) atoms. The number of anilines is 2. The van der Waals surface area contributed by atoms with Crippen LogP contribution in [0.2, 0.25) is 0 Å². The summed E-state index contributed by atoms with van der Waals surface area (Å²) in [5.41, 5.74) is 5.01. The van der Waals surface area contributed by atoms with Crippen LogP contribution in [0.1, 0.15) is 63.0 Å². The number of aromatic nitrogens is 2. The minimum Gasteiger partial charge on any atom is -0.371 e. The number of amides is 1. The van der Waals surface area contributed by atoms with Gasteiger partial charge in [0, 0.05) is 75.0 Å². The molecule has 1 N–H and O–H groups in total. The van der Waals surface area contributed by atoms with Gasteiger partial charge in [0.2, 0.25) is 10.0 Å². The van der Waals surface area contributed by atoms with Crippen molar-refractivity contribution in [3.63, 3.8) is 0 Å². The van der Waals surface area contributed by atoms with Gasteiger partial charge in [0.15, 0.2) is 5.82 Å². The smallest absolute Gasteiger partial charge is 0.344 e. The van der Waals surface area contributed by atoms with Crippen molar-refractivity contribution < 1.29 is 13.2 Å². The fourth-order valence-electron chi connectivity index (χ4n) is 7.90. The molecule has 0 bridgehead atoms. The fraction of sp³-hybridized carbons (Fsp3) is 0.625. The van der Waals surface area contributed by atoms with E-state index in [1.807, 2.05) is 11.8 Å². The fourth-order valence-corrected chi connectivity index (χ4v) is 8.83. The van der Waals surface area contributed by atoms with Crippen molar-refractivity contribution >= 4 is 27.6 Å². The lowest BCUT2D eigenvalue weighted by atomic mass is 9.77. The molecule has 1 aromatic heterocycles. The number of carbonyl (C=O) groups excluding carboxylic acids is 1. The molecule has 6 rings (SSSR count). The lowest BCUT2D eigenvalue weighted by Gasteiger charge is -2.45. The van der Waals surface area contributed by atoms with Gasteiger partial charge in [-0.25, -0.2) is 17.5 Å². The van der Waals surface area contributed by atoms with Crippen LogP contribution in [0.5, 0.6) is 0 Å². The summed E-state index contributed by atoms with van der Waals surface area (Å²) in [5.74, 6) is 0.633. The maximum Gasteiger partial charge on any atom is 0.344 e. The number of piperidine rings is 2. The summed E-state index contributed by atoms with van der Waals surface area (Å²) in [6.07, 6.45) is 10.4. The third-order valence-electron chi connectivity index (χ3n) is 10.5. The molecule has 4 fully saturated rings. The number of rotatable bonds is 6. The highest BCUT2D eigenvalue weighted by molar-refractivity contribution is 7.88. The number of aryl methyl sites for hydroxylation is 1. The number of hydrogen-bond donors (Lipinski definition) is 1. The lowest BCUT2D eigenvalue weighted by Crippen LogP contribution is -2.53. The number of nitrogens with zero attached hydrogens (tertiary/aromatic N) is 6. The molecule has 0 unspecified atom stereocenters. The minimum atomic E-state index is -3.13. The second kappa shape index (κ2) is 11.6. The van der Waals surface area contributed by atoms with Gasteiger partial charge in [-0.05, 0) is 87.9 Å². The van der Waals surface area contributed by atoms with Gasteiger partial charge in [0.25, 0.3) is 0 Å². The van der Waals surface area contributed by atoms with Crippen molar-refractivity contribution in [1.29, 1.82) is 0 Å². The zero-order valence-corrected chi connectivity index (χ0v) is 26.8. The zero-order chi connectivity index (χ0) is 30.4. The Labute approximate surface area is 256 Å². The van der Waals surface area contributed by atoms with Crippen molar-refractivity contribution in [2.24, 2.45) is 5.41 Å². The summed E-state index contributed by atoms with van der Waals surface area (Å²) in [7, 11) is -3.13. The second-order valence-corrected chi connectivity index (χ2v) is 15.5. The summed E-state index contributed by atoms with van der Waals surface area (Å²) in [6, 6.07) is 8.62. The molecule has 4 saturated heterocycles. The van der Waals surface area contributed by atoms with Gasteiger partial charge in [0.1, 0.15) is 0 Å². The Kier molecular flexibility index (Phi) is 8.10. The molecule has 2 aromatic rings. The third-order valence-corrected chi connectivity index (χ3v) is 11.7. The van der Waals surface area contributed by atoms with E-state index in [9.17, 15) is 13.2 Å². The Morgan fingerprint density at radius 2 is 1.72 bits per heavy atom. The van der Waals surface area contributed by atoms with Crippen LogP contribution in [0, 0.1) is 12.3 Å². The lowest BCUT2D eigenvalue weighted by molar-refractivity contribution is 0.0585. The standard InChI is InChI=1S/C32H47N7O3S/c1-25(2)33-29-8-16-39(34-29)30(40)36-19-13-32(14-20-36)9-5-15-37(32)23-27-7-6-26(3)22-28(27)35-17-10-31(11-18-35)12-21-38(24-31)43(4,41)42/h6-8,16,22H,1,5,9-15,17-21,23-24H2,2-4H3,(H,33,34). The molecule has 0 saturated carbocycles. The molecular weight excluding hydrogens is 562 g/mol. The molecule has 0 radical (unpaired) electrons. The maximum atomic E-state index is 13.2. The van der Waals surface area contributed by atoms with Crippen LogP contribution in [0.25, 0.3) is 0 Å². The summed E-state index contributed by atoms with van der Waals surface area (Å²) in [5, 5.41) is 7.47. The molecule has 2 spiro atoms. The van der Waals surface area contributed by atoms with E-state index in [0.29, 0.717) is 18.9 Å². The van der Waals surface area contributed by atoms with E-state index in [-0.39, 0.29) is 17.0 Å². The van der Waals surface area contributed by atoms with Crippen LogP contribution >= 0.6 is 0 Å². The summed E-state index contributed by atoms with van der Waals surface area (Å²) in [4.78, 5) is 20.4. The van der Waals surface area contributed by atoms with Crippen LogP contribution in [-0.2, 0) is 16.6 Å². The largest absolute Gasteiger partial charge is 0.371 e. The molecule has 11 heteroatoms. The first-order valence-electron chi connectivity index (χ1n) is 15.8. The van der Waals surface area contributed by atoms with Crippen molar-refractivity contribution in [3.8, 4) is 0 Å². The van der Waals surface area contributed by atoms with E-state index in [0.717, 1.165) is 77.1 Å². The first-order chi connectivity index (χ1) is 20.5.